The van der Waals surface area contributed by atoms with Crippen molar-refractivity contribution >= 4 is 5.97 Å². The first kappa shape index (κ1) is 21.7. The van der Waals surface area contributed by atoms with Crippen LogP contribution in [0, 0.1) is 0 Å². The Balaban J connectivity index is 2.01. The Bertz CT molecular complexity index is 1150. The van der Waals surface area contributed by atoms with Crippen molar-refractivity contribution in [3.8, 4) is 33.8 Å². The van der Waals surface area contributed by atoms with Crippen LogP contribution in [-0.2, 0) is 23.8 Å². The smallest absolute Gasteiger partial charge is 0.416 e. The van der Waals surface area contributed by atoms with Gasteiger partial charge in [0.05, 0.1) is 25.7 Å². The number of aryl methyl sites for hydroxylation is 1. The van der Waals surface area contributed by atoms with E-state index < -0.39 is 24.1 Å². The second-order valence-corrected chi connectivity index (χ2v) is 7.59. The van der Waals surface area contributed by atoms with Gasteiger partial charge in [0.15, 0.2) is 0 Å². The average molecular weight is 442 g/mol. The summed E-state index contributed by atoms with van der Waals surface area (Å²) in [7, 11) is 1.53. The standard InChI is InChI=1S/C25H21F3O4/c1-31-18-7-4-15(5-8-18)19-9-10-21(25(26,27)28)20(14-23(29)30)24(19)17-6-11-22-16(13-17)3-2-12-32-22/h4-11,13H,2-3,12,14H2,1H3,(H,29,30). The third kappa shape index (κ3) is 4.28. The Hall–Kier alpha value is -3.48. The molecule has 0 amide bonds. The van der Waals surface area contributed by atoms with Crippen molar-refractivity contribution in [2.24, 2.45) is 0 Å². The molecule has 1 aliphatic rings. The van der Waals surface area contributed by atoms with Gasteiger partial charge in [0, 0.05) is 0 Å². The molecule has 0 fully saturated rings. The topological polar surface area (TPSA) is 55.8 Å². The molecule has 1 N–H and O–H groups in total. The predicted octanol–water partition coefficient (Wildman–Crippen LogP) is 6.00. The molecule has 166 valence electrons. The van der Waals surface area contributed by atoms with Crippen molar-refractivity contribution in [3.05, 3.63) is 71.3 Å². The molecule has 3 aromatic carbocycles. The van der Waals surface area contributed by atoms with Gasteiger partial charge in [0.2, 0.25) is 0 Å². The third-order valence-electron chi connectivity index (χ3n) is 5.54. The maximum atomic E-state index is 13.9. The maximum absolute atomic E-state index is 13.9. The first-order valence-corrected chi connectivity index (χ1v) is 10.1. The van der Waals surface area contributed by atoms with Crippen molar-refractivity contribution in [2.75, 3.05) is 13.7 Å². The van der Waals surface area contributed by atoms with Crippen molar-refractivity contribution in [3.63, 3.8) is 0 Å². The Morgan fingerprint density at radius 1 is 1.06 bits per heavy atom. The van der Waals surface area contributed by atoms with Crippen molar-refractivity contribution < 1.29 is 32.5 Å². The van der Waals surface area contributed by atoms with E-state index in [-0.39, 0.29) is 11.1 Å². The fraction of sp³-hybridized carbons (Fsp3) is 0.240. The Labute approximate surface area is 183 Å². The van der Waals surface area contributed by atoms with Crippen LogP contribution in [0.5, 0.6) is 11.5 Å². The number of benzene rings is 3. The van der Waals surface area contributed by atoms with Crippen LogP contribution in [0.2, 0.25) is 0 Å². The summed E-state index contributed by atoms with van der Waals surface area (Å²) in [4.78, 5) is 11.6. The number of hydrogen-bond acceptors (Lipinski definition) is 3. The van der Waals surface area contributed by atoms with E-state index in [1.54, 1.807) is 36.4 Å². The normalized spacial score (nSPS) is 13.2. The van der Waals surface area contributed by atoms with E-state index in [1.807, 2.05) is 6.07 Å². The Morgan fingerprint density at radius 2 is 1.78 bits per heavy atom. The molecule has 3 aromatic rings. The van der Waals surface area contributed by atoms with Gasteiger partial charge in [0.1, 0.15) is 11.5 Å². The zero-order valence-corrected chi connectivity index (χ0v) is 17.3. The number of hydrogen-bond donors (Lipinski definition) is 1. The molecule has 0 aliphatic carbocycles. The van der Waals surface area contributed by atoms with E-state index in [2.05, 4.69) is 0 Å². The number of fused-ring (bicyclic) bond motifs is 1. The van der Waals surface area contributed by atoms with Crippen LogP contribution < -0.4 is 9.47 Å². The first-order valence-electron chi connectivity index (χ1n) is 10.1. The highest BCUT2D eigenvalue weighted by molar-refractivity contribution is 5.89. The summed E-state index contributed by atoms with van der Waals surface area (Å²) in [6, 6.07) is 14.5. The van der Waals surface area contributed by atoms with E-state index in [0.29, 0.717) is 34.8 Å². The minimum absolute atomic E-state index is 0.255. The minimum Gasteiger partial charge on any atom is -0.497 e. The summed E-state index contributed by atoms with van der Waals surface area (Å²) in [5.74, 6) is -0.0124. The lowest BCUT2D eigenvalue weighted by atomic mass is 9.85. The van der Waals surface area contributed by atoms with Gasteiger partial charge in [-0.3, -0.25) is 4.79 Å². The van der Waals surface area contributed by atoms with Crippen LogP contribution in [0.1, 0.15) is 23.1 Å². The van der Waals surface area contributed by atoms with E-state index in [4.69, 9.17) is 9.47 Å². The SMILES string of the molecule is COc1ccc(-c2ccc(C(F)(F)F)c(CC(=O)O)c2-c2ccc3c(c2)CCCO3)cc1. The van der Waals surface area contributed by atoms with Gasteiger partial charge in [-0.25, -0.2) is 0 Å². The minimum atomic E-state index is -4.69. The summed E-state index contributed by atoms with van der Waals surface area (Å²) < 4.78 is 52.4. The number of methoxy groups -OCH3 is 1. The van der Waals surface area contributed by atoms with Crippen LogP contribution in [0.4, 0.5) is 13.2 Å². The molecule has 1 aliphatic heterocycles. The molecular formula is C25H21F3O4. The van der Waals surface area contributed by atoms with Crippen molar-refractivity contribution in [1.29, 1.82) is 0 Å². The average Bonchev–Trinajstić information content (AvgIpc) is 2.77. The number of carboxylic acid groups (broad SMARTS) is 1. The summed E-state index contributed by atoms with van der Waals surface area (Å²) in [6.07, 6.45) is -3.88. The Morgan fingerprint density at radius 3 is 2.44 bits per heavy atom. The lowest BCUT2D eigenvalue weighted by Gasteiger charge is -2.22. The van der Waals surface area contributed by atoms with Gasteiger partial charge in [0.25, 0.3) is 0 Å². The van der Waals surface area contributed by atoms with Gasteiger partial charge in [-0.2, -0.15) is 13.2 Å². The zero-order chi connectivity index (χ0) is 22.9. The van der Waals surface area contributed by atoms with Gasteiger partial charge < -0.3 is 14.6 Å². The maximum Gasteiger partial charge on any atom is 0.416 e. The van der Waals surface area contributed by atoms with Gasteiger partial charge in [-0.1, -0.05) is 24.3 Å². The van der Waals surface area contributed by atoms with Crippen molar-refractivity contribution in [1.82, 2.24) is 0 Å². The summed E-state index contributed by atoms with van der Waals surface area (Å²) >= 11 is 0. The first-order chi connectivity index (χ1) is 15.3. The third-order valence-corrected chi connectivity index (χ3v) is 5.54. The molecule has 32 heavy (non-hydrogen) atoms. The molecule has 0 unspecified atom stereocenters. The molecule has 0 saturated heterocycles. The molecule has 0 aromatic heterocycles. The number of halogens is 3. The zero-order valence-electron chi connectivity index (χ0n) is 17.3. The number of aliphatic carboxylic acids is 1. The lowest BCUT2D eigenvalue weighted by Crippen LogP contribution is -2.14. The Kier molecular flexibility index (Phi) is 5.82. The number of ether oxygens (including phenoxy) is 2. The molecule has 0 spiro atoms. The molecule has 0 saturated carbocycles. The molecule has 4 rings (SSSR count). The fourth-order valence-electron chi connectivity index (χ4n) is 4.10. The van der Waals surface area contributed by atoms with Crippen LogP contribution >= 0.6 is 0 Å². The molecule has 7 heteroatoms. The van der Waals surface area contributed by atoms with Crippen LogP contribution in [-0.4, -0.2) is 24.8 Å². The summed E-state index contributed by atoms with van der Waals surface area (Å²) in [5.41, 5.74) is 1.68. The highest BCUT2D eigenvalue weighted by Crippen LogP contribution is 2.43. The fourth-order valence-corrected chi connectivity index (χ4v) is 4.10. The summed E-state index contributed by atoms with van der Waals surface area (Å²) in [6.45, 7) is 0.595. The highest BCUT2D eigenvalue weighted by Gasteiger charge is 2.36. The number of carbonyl (C=O) groups is 1. The second-order valence-electron chi connectivity index (χ2n) is 7.59. The monoisotopic (exact) mass is 442 g/mol. The van der Waals surface area contributed by atoms with Crippen LogP contribution in [0.3, 0.4) is 0 Å². The van der Waals surface area contributed by atoms with Crippen molar-refractivity contribution in [2.45, 2.75) is 25.4 Å². The largest absolute Gasteiger partial charge is 0.497 e. The molecule has 0 radical (unpaired) electrons. The summed E-state index contributed by atoms with van der Waals surface area (Å²) in [5, 5.41) is 9.45. The van der Waals surface area contributed by atoms with E-state index in [1.165, 1.54) is 13.2 Å². The highest BCUT2D eigenvalue weighted by atomic mass is 19.4. The molecule has 0 bridgehead atoms. The number of carboxylic acids is 1. The molecule has 4 nitrogen and oxygen atoms in total. The van der Waals surface area contributed by atoms with Gasteiger partial charge in [-0.05, 0) is 76.6 Å². The van der Waals surface area contributed by atoms with Crippen LogP contribution in [0.25, 0.3) is 22.3 Å². The molecule has 1 heterocycles. The van der Waals surface area contributed by atoms with Gasteiger partial charge in [-0.15, -0.1) is 0 Å². The number of rotatable bonds is 5. The lowest BCUT2D eigenvalue weighted by molar-refractivity contribution is -0.139. The number of alkyl halides is 3. The van der Waals surface area contributed by atoms with E-state index in [9.17, 15) is 23.1 Å². The quantitative estimate of drug-likeness (QED) is 0.527. The van der Waals surface area contributed by atoms with Crippen LogP contribution in [0.15, 0.2) is 54.6 Å². The molecule has 0 atom stereocenters. The predicted molar refractivity (Wildman–Crippen MR) is 114 cm³/mol. The van der Waals surface area contributed by atoms with E-state index in [0.717, 1.165) is 24.5 Å². The van der Waals surface area contributed by atoms with Gasteiger partial charge >= 0.3 is 12.1 Å². The molecular weight excluding hydrogens is 421 g/mol. The second kappa shape index (κ2) is 8.57. The van der Waals surface area contributed by atoms with E-state index >= 15 is 0 Å².